The molecule has 0 bridgehead atoms. The van der Waals surface area contributed by atoms with Gasteiger partial charge in [-0.25, -0.2) is 14.3 Å². The number of ether oxygens (including phenoxy) is 2. The van der Waals surface area contributed by atoms with E-state index in [1.165, 1.54) is 0 Å². The largest absolute Gasteiger partial charge is 0.445 e. The number of aliphatic hydroxyl groups is 1. The molecular weight excluding hydrogens is 474 g/mol. The van der Waals surface area contributed by atoms with Crippen molar-refractivity contribution >= 4 is 12.2 Å². The molecule has 10 nitrogen and oxygen atoms in total. The molecule has 2 heterocycles. The summed E-state index contributed by atoms with van der Waals surface area (Å²) in [6.45, 7) is 6.12. The molecule has 1 unspecified atom stereocenters. The van der Waals surface area contributed by atoms with Gasteiger partial charge in [-0.2, -0.15) is 0 Å². The molecule has 2 amide bonds. The third kappa shape index (κ3) is 7.07. The summed E-state index contributed by atoms with van der Waals surface area (Å²) in [7, 11) is 0. The van der Waals surface area contributed by atoms with Gasteiger partial charge in [0.25, 0.3) is 0 Å². The van der Waals surface area contributed by atoms with Crippen molar-refractivity contribution in [2.24, 2.45) is 0 Å². The monoisotopic (exact) mass is 507 g/mol. The van der Waals surface area contributed by atoms with Crippen molar-refractivity contribution in [2.45, 2.75) is 57.6 Å². The normalized spacial score (nSPS) is 18.6. The predicted molar refractivity (Wildman–Crippen MR) is 136 cm³/mol. The van der Waals surface area contributed by atoms with E-state index in [1.807, 2.05) is 60.7 Å². The first-order valence-corrected chi connectivity index (χ1v) is 12.3. The minimum Gasteiger partial charge on any atom is -0.445 e. The number of nitrogens with zero attached hydrogens (tertiary/aromatic N) is 4. The molecule has 0 saturated carbocycles. The number of piperidine rings is 1. The fourth-order valence-corrected chi connectivity index (χ4v) is 4.22. The Kier molecular flexibility index (Phi) is 8.08. The van der Waals surface area contributed by atoms with E-state index in [4.69, 9.17) is 9.47 Å². The first-order valence-electron chi connectivity index (χ1n) is 12.3. The fraction of sp³-hybridized carbons (Fsp3) is 0.407. The molecule has 4 rings (SSSR count). The van der Waals surface area contributed by atoms with Gasteiger partial charge in [0.15, 0.2) is 0 Å². The summed E-state index contributed by atoms with van der Waals surface area (Å²) in [6, 6.07) is 17.8. The number of hydrogen-bond acceptors (Lipinski definition) is 7. The molecule has 1 aliphatic rings. The lowest BCUT2D eigenvalue weighted by atomic mass is 9.99. The SMILES string of the molecule is CC(C)(C)OC(=O)N[C@H]1CN(C(=O)OCc2ccccc2)CC[C@@H]1n1cc(C(O)c2ccccc2)nn1. The Morgan fingerprint density at radius 1 is 1.11 bits per heavy atom. The van der Waals surface area contributed by atoms with E-state index >= 15 is 0 Å². The summed E-state index contributed by atoms with van der Waals surface area (Å²) in [6.07, 6.45) is 0.185. The van der Waals surface area contributed by atoms with Crippen LogP contribution in [0.3, 0.4) is 0 Å². The third-order valence-electron chi connectivity index (χ3n) is 6.01. The third-order valence-corrected chi connectivity index (χ3v) is 6.01. The van der Waals surface area contributed by atoms with Crippen LogP contribution >= 0.6 is 0 Å². The van der Waals surface area contributed by atoms with Gasteiger partial charge in [0.2, 0.25) is 0 Å². The van der Waals surface area contributed by atoms with Gasteiger partial charge in [-0.1, -0.05) is 65.9 Å². The molecule has 2 N–H and O–H groups in total. The number of hydrogen-bond donors (Lipinski definition) is 2. The summed E-state index contributed by atoms with van der Waals surface area (Å²) in [5.74, 6) is 0. The van der Waals surface area contributed by atoms with Crippen LogP contribution in [-0.2, 0) is 16.1 Å². The van der Waals surface area contributed by atoms with Crippen LogP contribution in [0.4, 0.5) is 9.59 Å². The molecule has 1 aromatic heterocycles. The predicted octanol–water partition coefficient (Wildman–Crippen LogP) is 3.84. The number of alkyl carbamates (subject to hydrolysis) is 1. The lowest BCUT2D eigenvalue weighted by Gasteiger charge is -2.38. The maximum absolute atomic E-state index is 12.8. The van der Waals surface area contributed by atoms with Gasteiger partial charge in [0.1, 0.15) is 24.0 Å². The van der Waals surface area contributed by atoms with E-state index in [9.17, 15) is 14.7 Å². The summed E-state index contributed by atoms with van der Waals surface area (Å²) in [5, 5.41) is 22.0. The average molecular weight is 508 g/mol. The van der Waals surface area contributed by atoms with Gasteiger partial charge in [-0.15, -0.1) is 5.10 Å². The second kappa shape index (κ2) is 11.4. The van der Waals surface area contributed by atoms with Crippen molar-refractivity contribution in [1.82, 2.24) is 25.2 Å². The standard InChI is InChI=1S/C27H33N5O5/c1-27(2,3)37-25(34)28-21-16-31(26(35)36-18-19-10-6-4-7-11-19)15-14-23(21)32-17-22(29-30-32)24(33)20-12-8-5-9-13-20/h4-13,17,21,23-24,33H,14-16,18H2,1-3H3,(H,28,34)/t21-,23-,24?/m0/s1. The number of aromatic nitrogens is 3. The minimum atomic E-state index is -0.930. The van der Waals surface area contributed by atoms with Crippen LogP contribution in [0.25, 0.3) is 0 Å². The van der Waals surface area contributed by atoms with Crippen molar-refractivity contribution < 1.29 is 24.2 Å². The molecule has 10 heteroatoms. The first-order chi connectivity index (χ1) is 17.7. The van der Waals surface area contributed by atoms with Gasteiger partial charge in [-0.05, 0) is 38.3 Å². The minimum absolute atomic E-state index is 0.160. The highest BCUT2D eigenvalue weighted by Gasteiger charge is 2.36. The van der Waals surface area contributed by atoms with Gasteiger partial charge in [-0.3, -0.25) is 0 Å². The topological polar surface area (TPSA) is 119 Å². The molecule has 3 atom stereocenters. The molecule has 196 valence electrons. The molecular formula is C27H33N5O5. The Labute approximate surface area is 216 Å². The molecule has 0 aliphatic carbocycles. The molecule has 1 aliphatic heterocycles. The summed E-state index contributed by atoms with van der Waals surface area (Å²) < 4.78 is 12.6. The van der Waals surface area contributed by atoms with Crippen molar-refractivity contribution in [3.63, 3.8) is 0 Å². The number of benzene rings is 2. The Morgan fingerprint density at radius 3 is 2.46 bits per heavy atom. The maximum atomic E-state index is 12.8. The number of nitrogens with one attached hydrogen (secondary N) is 1. The van der Waals surface area contributed by atoms with Crippen LogP contribution in [0.2, 0.25) is 0 Å². The molecule has 1 fully saturated rings. The number of carbonyl (C=O) groups excluding carboxylic acids is 2. The lowest BCUT2D eigenvalue weighted by molar-refractivity contribution is 0.0393. The molecule has 0 spiro atoms. The molecule has 1 saturated heterocycles. The fourth-order valence-electron chi connectivity index (χ4n) is 4.22. The second-order valence-corrected chi connectivity index (χ2v) is 10.0. The van der Waals surface area contributed by atoms with Crippen molar-refractivity contribution in [3.8, 4) is 0 Å². The summed E-state index contributed by atoms with van der Waals surface area (Å²) >= 11 is 0. The Hall–Kier alpha value is -3.92. The first kappa shape index (κ1) is 26.2. The number of amides is 2. The lowest BCUT2D eigenvalue weighted by Crippen LogP contribution is -2.55. The van der Waals surface area contributed by atoms with Gasteiger partial charge < -0.3 is 24.8 Å². The van der Waals surface area contributed by atoms with Crippen LogP contribution in [0.5, 0.6) is 0 Å². The number of aliphatic hydroxyl groups excluding tert-OH is 1. The Bertz CT molecular complexity index is 1180. The average Bonchev–Trinajstić information content (AvgIpc) is 3.37. The van der Waals surface area contributed by atoms with Crippen molar-refractivity contribution in [2.75, 3.05) is 13.1 Å². The van der Waals surface area contributed by atoms with Gasteiger partial charge >= 0.3 is 12.2 Å². The maximum Gasteiger partial charge on any atom is 0.410 e. The van der Waals surface area contributed by atoms with Crippen molar-refractivity contribution in [1.29, 1.82) is 0 Å². The smallest absolute Gasteiger partial charge is 0.410 e. The number of likely N-dealkylation sites (tertiary alicyclic amines) is 1. The van der Waals surface area contributed by atoms with Crippen LogP contribution in [0, 0.1) is 0 Å². The zero-order chi connectivity index (χ0) is 26.4. The quantitative estimate of drug-likeness (QED) is 0.520. The highest BCUT2D eigenvalue weighted by Crippen LogP contribution is 2.26. The van der Waals surface area contributed by atoms with Crippen LogP contribution in [0.1, 0.15) is 56.2 Å². The Morgan fingerprint density at radius 2 is 1.78 bits per heavy atom. The highest BCUT2D eigenvalue weighted by atomic mass is 16.6. The van der Waals surface area contributed by atoms with E-state index in [2.05, 4.69) is 15.6 Å². The van der Waals surface area contributed by atoms with Gasteiger partial charge in [0, 0.05) is 13.1 Å². The summed E-state index contributed by atoms with van der Waals surface area (Å²) in [4.78, 5) is 27.0. The molecule has 2 aromatic carbocycles. The van der Waals surface area contributed by atoms with E-state index in [1.54, 1.807) is 36.5 Å². The summed E-state index contributed by atoms with van der Waals surface area (Å²) in [5.41, 5.74) is 1.31. The van der Waals surface area contributed by atoms with E-state index < -0.39 is 29.9 Å². The van der Waals surface area contributed by atoms with Crippen LogP contribution in [0.15, 0.2) is 66.9 Å². The van der Waals surface area contributed by atoms with E-state index in [-0.39, 0.29) is 19.2 Å². The zero-order valence-electron chi connectivity index (χ0n) is 21.3. The Balaban J connectivity index is 1.48. The van der Waals surface area contributed by atoms with Crippen LogP contribution in [-0.4, -0.2) is 61.9 Å². The molecule has 3 aromatic rings. The van der Waals surface area contributed by atoms with E-state index in [0.29, 0.717) is 24.2 Å². The molecule has 37 heavy (non-hydrogen) atoms. The molecule has 0 radical (unpaired) electrons. The number of rotatable bonds is 6. The van der Waals surface area contributed by atoms with Gasteiger partial charge in [0.05, 0.1) is 18.3 Å². The van der Waals surface area contributed by atoms with E-state index in [0.717, 1.165) is 5.56 Å². The highest BCUT2D eigenvalue weighted by molar-refractivity contribution is 5.70. The second-order valence-electron chi connectivity index (χ2n) is 10.0. The van der Waals surface area contributed by atoms with Crippen molar-refractivity contribution in [3.05, 3.63) is 83.7 Å². The number of carbonyl (C=O) groups is 2. The zero-order valence-corrected chi connectivity index (χ0v) is 21.3. The van der Waals surface area contributed by atoms with Crippen LogP contribution < -0.4 is 5.32 Å².